The van der Waals surface area contributed by atoms with E-state index in [0.717, 1.165) is 49.8 Å². The fourth-order valence-corrected chi connectivity index (χ4v) is 9.39. The lowest BCUT2D eigenvalue weighted by atomic mass is 9.44. The van der Waals surface area contributed by atoms with Crippen molar-refractivity contribution >= 4 is 16.7 Å². The minimum absolute atomic E-state index is 0.0653. The van der Waals surface area contributed by atoms with Gasteiger partial charge in [0.1, 0.15) is 12.4 Å². The van der Waals surface area contributed by atoms with E-state index in [4.69, 9.17) is 0 Å². The molecule has 0 unspecified atom stereocenters. The number of nitrogens with zero attached hydrogens (tertiary/aromatic N) is 2. The summed E-state index contributed by atoms with van der Waals surface area (Å²) in [4.78, 5) is 13.6. The van der Waals surface area contributed by atoms with Gasteiger partial charge in [0.25, 0.3) is 0 Å². The maximum absolute atomic E-state index is 13.8. The number of rotatable bonds is 3. The molecule has 0 radical (unpaired) electrons. The Morgan fingerprint density at radius 3 is 2.68 bits per heavy atom. The molecule has 4 aliphatic rings. The molecule has 1 aromatic carbocycles. The van der Waals surface area contributed by atoms with Crippen LogP contribution in [-0.2, 0) is 11.3 Å². The van der Waals surface area contributed by atoms with Gasteiger partial charge in [-0.05, 0) is 117 Å². The number of aliphatic hydroxyl groups is 1. The van der Waals surface area contributed by atoms with Crippen molar-refractivity contribution in [2.45, 2.75) is 90.7 Å². The van der Waals surface area contributed by atoms with Crippen molar-refractivity contribution in [2.24, 2.45) is 40.4 Å². The molecule has 2 aromatic rings. The van der Waals surface area contributed by atoms with Crippen molar-refractivity contribution in [3.63, 3.8) is 0 Å². The van der Waals surface area contributed by atoms with Crippen LogP contribution in [0.2, 0.25) is 0 Å². The zero-order valence-corrected chi connectivity index (χ0v) is 20.9. The Labute approximate surface area is 202 Å². The van der Waals surface area contributed by atoms with E-state index in [1.54, 1.807) is 16.9 Å². The molecular weight excluding hydrogens is 427 g/mol. The molecule has 4 nitrogen and oxygen atoms in total. The maximum atomic E-state index is 13.8. The van der Waals surface area contributed by atoms with Crippen LogP contribution in [0.5, 0.6) is 0 Å². The van der Waals surface area contributed by atoms with Crippen molar-refractivity contribution in [1.29, 1.82) is 0 Å². The van der Waals surface area contributed by atoms with Gasteiger partial charge in [0, 0.05) is 11.3 Å². The third-order valence-electron chi connectivity index (χ3n) is 11.3. The predicted octanol–water partition coefficient (Wildman–Crippen LogP) is 6.15. The van der Waals surface area contributed by atoms with Gasteiger partial charge in [-0.3, -0.25) is 9.48 Å². The van der Waals surface area contributed by atoms with E-state index in [1.165, 1.54) is 31.4 Å². The smallest absolute Gasteiger partial charge is 0.157 e. The van der Waals surface area contributed by atoms with Crippen LogP contribution in [-0.4, -0.2) is 26.3 Å². The van der Waals surface area contributed by atoms with Crippen molar-refractivity contribution < 1.29 is 14.3 Å². The Hall–Kier alpha value is -1.75. The van der Waals surface area contributed by atoms with Crippen molar-refractivity contribution in [3.8, 4) is 0 Å². The molecule has 4 fully saturated rings. The minimum atomic E-state index is -0.495. The minimum Gasteiger partial charge on any atom is -0.390 e. The van der Waals surface area contributed by atoms with Gasteiger partial charge in [0.2, 0.25) is 0 Å². The van der Waals surface area contributed by atoms with E-state index in [0.29, 0.717) is 28.7 Å². The van der Waals surface area contributed by atoms with Gasteiger partial charge >= 0.3 is 0 Å². The second kappa shape index (κ2) is 7.62. The molecule has 1 heterocycles. The number of fused-ring (bicyclic) bond motifs is 6. The SMILES string of the molecule is C[C@@]1(O)CC[C@@]2(C)[C@@H](CC[C@@H]3[C@@H]2CC[C@]2(C)[C@@H](C(=O)Cn4ncc5ccc(F)cc54)CC[C@@H]32)C1. The Morgan fingerprint density at radius 1 is 1.06 bits per heavy atom. The molecule has 0 bridgehead atoms. The largest absolute Gasteiger partial charge is 0.390 e. The van der Waals surface area contributed by atoms with E-state index in [2.05, 4.69) is 18.9 Å². The maximum Gasteiger partial charge on any atom is 0.157 e. The van der Waals surface area contributed by atoms with Gasteiger partial charge in [-0.25, -0.2) is 4.39 Å². The lowest BCUT2D eigenvalue weighted by Gasteiger charge is -2.61. The first-order valence-corrected chi connectivity index (χ1v) is 13.5. The van der Waals surface area contributed by atoms with Crippen LogP contribution in [0.25, 0.3) is 10.9 Å². The molecule has 1 N–H and O–H groups in total. The highest BCUT2D eigenvalue weighted by atomic mass is 19.1. The number of hydrogen-bond acceptors (Lipinski definition) is 3. The average Bonchev–Trinajstić information content (AvgIpc) is 3.34. The van der Waals surface area contributed by atoms with Crippen molar-refractivity contribution in [3.05, 3.63) is 30.2 Å². The summed E-state index contributed by atoms with van der Waals surface area (Å²) >= 11 is 0. The fourth-order valence-electron chi connectivity index (χ4n) is 9.39. The molecular formula is C29H39FN2O2. The summed E-state index contributed by atoms with van der Waals surface area (Å²) in [6.45, 7) is 7.18. The number of carbonyl (C=O) groups excluding carboxylic acids is 1. The second-order valence-corrected chi connectivity index (χ2v) is 13.0. The quantitative estimate of drug-likeness (QED) is 0.590. The van der Waals surface area contributed by atoms with Gasteiger partial charge in [0.15, 0.2) is 5.78 Å². The molecule has 0 spiro atoms. The van der Waals surface area contributed by atoms with Crippen LogP contribution in [0.4, 0.5) is 4.39 Å². The highest BCUT2D eigenvalue weighted by molar-refractivity contribution is 5.85. The third kappa shape index (κ3) is 3.32. The Kier molecular flexibility index (Phi) is 5.09. The van der Waals surface area contributed by atoms with Crippen LogP contribution < -0.4 is 0 Å². The Balaban J connectivity index is 1.22. The molecule has 8 atom stereocenters. The van der Waals surface area contributed by atoms with Crippen molar-refractivity contribution in [1.82, 2.24) is 9.78 Å². The number of benzene rings is 1. The van der Waals surface area contributed by atoms with E-state index in [9.17, 15) is 14.3 Å². The average molecular weight is 467 g/mol. The molecule has 0 aliphatic heterocycles. The van der Waals surface area contributed by atoms with Crippen LogP contribution in [0.1, 0.15) is 78.6 Å². The van der Waals surface area contributed by atoms with Gasteiger partial charge < -0.3 is 5.11 Å². The third-order valence-corrected chi connectivity index (χ3v) is 11.3. The molecule has 1 aromatic heterocycles. The molecule has 4 saturated carbocycles. The first-order chi connectivity index (χ1) is 16.1. The molecule has 34 heavy (non-hydrogen) atoms. The topological polar surface area (TPSA) is 55.1 Å². The Morgan fingerprint density at radius 2 is 1.85 bits per heavy atom. The highest BCUT2D eigenvalue weighted by Gasteiger charge is 2.61. The van der Waals surface area contributed by atoms with E-state index >= 15 is 0 Å². The summed E-state index contributed by atoms with van der Waals surface area (Å²) in [6.07, 6.45) is 11.7. The van der Waals surface area contributed by atoms with E-state index in [-0.39, 0.29) is 29.5 Å². The second-order valence-electron chi connectivity index (χ2n) is 13.0. The Bertz CT molecular complexity index is 1120. The standard InChI is InChI=1S/C29H39FN2O2/c1-27(34)12-13-28(2)19(15-27)5-7-21-22-8-9-24(29(22,3)11-10-23(21)28)26(33)17-32-25-14-20(30)6-4-18(25)16-31-32/h4,6,14,16,19,21-24,34H,5,7-13,15,17H2,1-3H3/t19-,21-,22-,23-,24+,27+,28-,29-/m0/s1. The number of hydrogen-bond donors (Lipinski definition) is 1. The normalized spacial score (nSPS) is 43.9. The molecule has 4 aliphatic carbocycles. The van der Waals surface area contributed by atoms with Gasteiger partial charge in [-0.1, -0.05) is 13.8 Å². The molecule has 5 heteroatoms. The van der Waals surface area contributed by atoms with Gasteiger partial charge in [0.05, 0.1) is 17.3 Å². The lowest BCUT2D eigenvalue weighted by Crippen LogP contribution is -2.55. The number of halogens is 1. The van der Waals surface area contributed by atoms with Crippen LogP contribution in [0.3, 0.4) is 0 Å². The zero-order valence-electron chi connectivity index (χ0n) is 20.9. The van der Waals surface area contributed by atoms with Crippen LogP contribution >= 0.6 is 0 Å². The molecule has 0 saturated heterocycles. The summed E-state index contributed by atoms with van der Waals surface area (Å²) in [7, 11) is 0. The lowest BCUT2D eigenvalue weighted by molar-refractivity contribution is -0.151. The number of carbonyl (C=O) groups is 1. The molecule has 6 rings (SSSR count). The predicted molar refractivity (Wildman–Crippen MR) is 131 cm³/mol. The molecule has 184 valence electrons. The van der Waals surface area contributed by atoms with Crippen molar-refractivity contribution in [2.75, 3.05) is 0 Å². The summed E-state index contributed by atoms with van der Waals surface area (Å²) < 4.78 is 15.5. The zero-order chi connectivity index (χ0) is 23.9. The van der Waals surface area contributed by atoms with Gasteiger partial charge in [-0.2, -0.15) is 5.10 Å². The van der Waals surface area contributed by atoms with Gasteiger partial charge in [-0.15, -0.1) is 0 Å². The number of Topliss-reactive ketones (excluding diaryl/α,β-unsaturated/α-hetero) is 1. The summed E-state index contributed by atoms with van der Waals surface area (Å²) in [6, 6.07) is 4.66. The number of aromatic nitrogens is 2. The van der Waals surface area contributed by atoms with Crippen LogP contribution in [0.15, 0.2) is 24.4 Å². The fraction of sp³-hybridized carbons (Fsp3) is 0.724. The summed E-state index contributed by atoms with van der Waals surface area (Å²) in [5.41, 5.74) is 0.615. The summed E-state index contributed by atoms with van der Waals surface area (Å²) in [5, 5.41) is 16.0. The van der Waals surface area contributed by atoms with E-state index < -0.39 is 5.60 Å². The van der Waals surface area contributed by atoms with E-state index in [1.807, 2.05) is 6.92 Å². The van der Waals surface area contributed by atoms with Crippen LogP contribution in [0, 0.1) is 46.2 Å². The monoisotopic (exact) mass is 466 g/mol. The highest BCUT2D eigenvalue weighted by Crippen LogP contribution is 2.68. The first kappa shape index (κ1) is 22.7. The summed E-state index contributed by atoms with van der Waals surface area (Å²) in [5.74, 6) is 2.74. The molecule has 0 amide bonds. The first-order valence-electron chi connectivity index (χ1n) is 13.5. The number of ketones is 1.